The number of ether oxygens (including phenoxy) is 2. The molecule has 0 fully saturated rings. The van der Waals surface area contributed by atoms with Crippen molar-refractivity contribution in [3.05, 3.63) is 58.0 Å². The second-order valence-electron chi connectivity index (χ2n) is 4.64. The highest BCUT2D eigenvalue weighted by Gasteiger charge is 2.19. The molecule has 0 unspecified atom stereocenters. The van der Waals surface area contributed by atoms with Gasteiger partial charge in [-0.15, -0.1) is 0 Å². The molecule has 0 atom stereocenters. The van der Waals surface area contributed by atoms with Crippen LogP contribution < -0.4 is 0 Å². The molecule has 0 aliphatic carbocycles. The molecule has 2 heterocycles. The third-order valence-electron chi connectivity index (χ3n) is 3.12. The Bertz CT molecular complexity index is 857. The standard InChI is InChI=1S/C16H12N2O5S/c1-21-15(19)11-4-2-3-5-12(11)16(20)22-8-13-17-14(23-18-13)10-6-7-24-9-10/h2-7,9H,8H2,1H3. The number of nitrogens with zero attached hydrogens (tertiary/aromatic N) is 2. The lowest BCUT2D eigenvalue weighted by Crippen LogP contribution is -2.13. The van der Waals surface area contributed by atoms with E-state index in [1.807, 2.05) is 16.8 Å². The number of esters is 2. The number of aromatic nitrogens is 2. The van der Waals surface area contributed by atoms with E-state index >= 15 is 0 Å². The van der Waals surface area contributed by atoms with Gasteiger partial charge in [0.25, 0.3) is 5.89 Å². The Morgan fingerprint density at radius 2 is 1.92 bits per heavy atom. The van der Waals surface area contributed by atoms with Gasteiger partial charge >= 0.3 is 11.9 Å². The third kappa shape index (κ3) is 3.33. The number of thiophene rings is 1. The van der Waals surface area contributed by atoms with Crippen LogP contribution in [-0.2, 0) is 16.1 Å². The molecule has 2 aromatic heterocycles. The maximum atomic E-state index is 12.2. The lowest BCUT2D eigenvalue weighted by molar-refractivity contribution is 0.0446. The zero-order chi connectivity index (χ0) is 16.9. The fraction of sp³-hybridized carbons (Fsp3) is 0.125. The van der Waals surface area contributed by atoms with Crippen LogP contribution in [0.1, 0.15) is 26.5 Å². The lowest BCUT2D eigenvalue weighted by Gasteiger charge is -2.06. The van der Waals surface area contributed by atoms with E-state index in [-0.39, 0.29) is 23.6 Å². The van der Waals surface area contributed by atoms with Crippen LogP contribution in [0.25, 0.3) is 11.5 Å². The number of hydrogen-bond donors (Lipinski definition) is 0. The van der Waals surface area contributed by atoms with Crippen molar-refractivity contribution in [1.82, 2.24) is 10.1 Å². The number of rotatable bonds is 5. The fourth-order valence-electron chi connectivity index (χ4n) is 1.97. The first kappa shape index (κ1) is 15.9. The molecule has 3 aromatic rings. The summed E-state index contributed by atoms with van der Waals surface area (Å²) < 4.78 is 14.9. The van der Waals surface area contributed by atoms with Crippen LogP contribution >= 0.6 is 11.3 Å². The summed E-state index contributed by atoms with van der Waals surface area (Å²) in [6.45, 7) is -0.165. The summed E-state index contributed by atoms with van der Waals surface area (Å²) in [7, 11) is 1.25. The molecule has 0 spiro atoms. The molecule has 1 aromatic carbocycles. The van der Waals surface area contributed by atoms with E-state index in [1.54, 1.807) is 12.1 Å². The van der Waals surface area contributed by atoms with E-state index in [9.17, 15) is 9.59 Å². The molecule has 3 rings (SSSR count). The van der Waals surface area contributed by atoms with E-state index < -0.39 is 11.9 Å². The largest absolute Gasteiger partial charge is 0.465 e. The predicted molar refractivity (Wildman–Crippen MR) is 84.5 cm³/mol. The maximum absolute atomic E-state index is 12.2. The highest BCUT2D eigenvalue weighted by atomic mass is 32.1. The topological polar surface area (TPSA) is 91.5 Å². The molecule has 122 valence electrons. The molecule has 24 heavy (non-hydrogen) atoms. The van der Waals surface area contributed by atoms with Gasteiger partial charge in [-0.1, -0.05) is 17.3 Å². The fourth-order valence-corrected chi connectivity index (χ4v) is 2.60. The highest BCUT2D eigenvalue weighted by Crippen LogP contribution is 2.20. The summed E-state index contributed by atoms with van der Waals surface area (Å²) in [5, 5.41) is 7.52. The van der Waals surface area contributed by atoms with Gasteiger partial charge in [0.2, 0.25) is 5.82 Å². The molecular weight excluding hydrogens is 332 g/mol. The predicted octanol–water partition coefficient (Wildman–Crippen LogP) is 2.94. The van der Waals surface area contributed by atoms with Crippen molar-refractivity contribution >= 4 is 23.3 Å². The number of carbonyl (C=O) groups is 2. The highest BCUT2D eigenvalue weighted by molar-refractivity contribution is 7.08. The molecule has 0 aliphatic rings. The van der Waals surface area contributed by atoms with Crippen LogP contribution in [0, 0.1) is 0 Å². The van der Waals surface area contributed by atoms with Gasteiger partial charge in [0, 0.05) is 5.38 Å². The summed E-state index contributed by atoms with van der Waals surface area (Å²) in [4.78, 5) is 28.0. The summed E-state index contributed by atoms with van der Waals surface area (Å²) in [6.07, 6.45) is 0. The SMILES string of the molecule is COC(=O)c1ccccc1C(=O)OCc1noc(-c2ccsc2)n1. The minimum atomic E-state index is -0.669. The number of benzene rings is 1. The summed E-state index contributed by atoms with van der Waals surface area (Å²) in [6, 6.07) is 8.09. The lowest BCUT2D eigenvalue weighted by atomic mass is 10.1. The average Bonchev–Trinajstić information content (AvgIpc) is 3.30. The first-order valence-corrected chi connectivity index (χ1v) is 7.83. The number of carbonyl (C=O) groups excluding carboxylic acids is 2. The maximum Gasteiger partial charge on any atom is 0.339 e. The average molecular weight is 344 g/mol. The quantitative estimate of drug-likeness (QED) is 0.657. The Hall–Kier alpha value is -3.00. The molecule has 0 aliphatic heterocycles. The van der Waals surface area contributed by atoms with Gasteiger partial charge in [-0.3, -0.25) is 0 Å². The number of methoxy groups -OCH3 is 1. The van der Waals surface area contributed by atoms with E-state index in [2.05, 4.69) is 14.9 Å². The summed E-state index contributed by atoms with van der Waals surface area (Å²) >= 11 is 1.51. The van der Waals surface area contributed by atoms with Gasteiger partial charge in [0.15, 0.2) is 6.61 Å². The van der Waals surface area contributed by atoms with Gasteiger partial charge in [-0.2, -0.15) is 16.3 Å². The molecular formula is C16H12N2O5S. The normalized spacial score (nSPS) is 10.4. The Morgan fingerprint density at radius 1 is 1.17 bits per heavy atom. The monoisotopic (exact) mass is 344 g/mol. The smallest absolute Gasteiger partial charge is 0.339 e. The zero-order valence-corrected chi connectivity index (χ0v) is 13.4. The first-order valence-electron chi connectivity index (χ1n) is 6.88. The molecule has 0 bridgehead atoms. The zero-order valence-electron chi connectivity index (χ0n) is 12.6. The summed E-state index contributed by atoms with van der Waals surface area (Å²) in [5.41, 5.74) is 1.06. The van der Waals surface area contributed by atoms with Crippen molar-refractivity contribution in [2.45, 2.75) is 6.61 Å². The molecule has 7 nitrogen and oxygen atoms in total. The molecule has 0 amide bonds. The molecule has 0 radical (unpaired) electrons. The van der Waals surface area contributed by atoms with Crippen molar-refractivity contribution in [2.24, 2.45) is 0 Å². The van der Waals surface area contributed by atoms with Crippen LogP contribution in [0.4, 0.5) is 0 Å². The van der Waals surface area contributed by atoms with Gasteiger partial charge < -0.3 is 14.0 Å². The van der Waals surface area contributed by atoms with Crippen molar-refractivity contribution in [2.75, 3.05) is 7.11 Å². The van der Waals surface area contributed by atoms with Crippen molar-refractivity contribution in [3.8, 4) is 11.5 Å². The van der Waals surface area contributed by atoms with E-state index in [1.165, 1.54) is 30.6 Å². The Balaban J connectivity index is 1.69. The molecule has 0 N–H and O–H groups in total. The Morgan fingerprint density at radius 3 is 2.58 bits per heavy atom. The van der Waals surface area contributed by atoms with Crippen LogP contribution in [0.2, 0.25) is 0 Å². The van der Waals surface area contributed by atoms with Crippen molar-refractivity contribution in [3.63, 3.8) is 0 Å². The molecule has 0 saturated heterocycles. The van der Waals surface area contributed by atoms with Crippen molar-refractivity contribution < 1.29 is 23.6 Å². The second-order valence-corrected chi connectivity index (χ2v) is 5.42. The number of hydrogen-bond acceptors (Lipinski definition) is 8. The van der Waals surface area contributed by atoms with E-state index in [4.69, 9.17) is 9.26 Å². The molecule has 0 saturated carbocycles. The van der Waals surface area contributed by atoms with E-state index in [0.29, 0.717) is 5.89 Å². The Labute approximate surface area is 140 Å². The summed E-state index contributed by atoms with van der Waals surface area (Å²) in [5.74, 6) is -0.683. The van der Waals surface area contributed by atoms with Gasteiger partial charge in [0.1, 0.15) is 0 Å². The van der Waals surface area contributed by atoms with E-state index in [0.717, 1.165) is 5.56 Å². The third-order valence-corrected chi connectivity index (χ3v) is 3.80. The van der Waals surface area contributed by atoms with Crippen LogP contribution in [0.3, 0.4) is 0 Å². The van der Waals surface area contributed by atoms with Crippen LogP contribution in [0.15, 0.2) is 45.6 Å². The second kappa shape index (κ2) is 7.05. The van der Waals surface area contributed by atoms with Crippen LogP contribution in [0.5, 0.6) is 0 Å². The minimum absolute atomic E-state index is 0.117. The Kier molecular flexibility index (Phi) is 4.66. The van der Waals surface area contributed by atoms with Crippen molar-refractivity contribution in [1.29, 1.82) is 0 Å². The van der Waals surface area contributed by atoms with Gasteiger partial charge in [-0.25, -0.2) is 9.59 Å². The first-order chi connectivity index (χ1) is 11.7. The van der Waals surface area contributed by atoms with Crippen LogP contribution in [-0.4, -0.2) is 29.2 Å². The molecule has 8 heteroatoms. The van der Waals surface area contributed by atoms with Gasteiger partial charge in [-0.05, 0) is 23.6 Å². The minimum Gasteiger partial charge on any atom is -0.465 e. The van der Waals surface area contributed by atoms with Gasteiger partial charge in [0.05, 0.1) is 23.8 Å².